The monoisotopic (exact) mass is 294 g/mol. The van der Waals surface area contributed by atoms with E-state index in [1.54, 1.807) is 13.0 Å². The van der Waals surface area contributed by atoms with Crippen LogP contribution in [0.2, 0.25) is 0 Å². The van der Waals surface area contributed by atoms with Gasteiger partial charge in [0, 0.05) is 25.6 Å². The fourth-order valence-electron chi connectivity index (χ4n) is 2.58. The van der Waals surface area contributed by atoms with Crippen LogP contribution >= 0.6 is 0 Å². The van der Waals surface area contributed by atoms with Gasteiger partial charge in [-0.05, 0) is 33.2 Å². The molecule has 0 unspecified atom stereocenters. The van der Waals surface area contributed by atoms with E-state index in [1.807, 2.05) is 6.92 Å². The zero-order valence-corrected chi connectivity index (χ0v) is 12.7. The smallest absolute Gasteiger partial charge is 0.243 e. The largest absolute Gasteiger partial charge is 0.352 e. The summed E-state index contributed by atoms with van der Waals surface area (Å²) in [6, 6.07) is 1.51. The van der Waals surface area contributed by atoms with Gasteiger partial charge in [-0.2, -0.15) is 0 Å². The van der Waals surface area contributed by atoms with E-state index in [0.29, 0.717) is 12.4 Å². The molecule has 2 amide bonds. The van der Waals surface area contributed by atoms with Gasteiger partial charge in [0.25, 0.3) is 0 Å². The maximum Gasteiger partial charge on any atom is 0.243 e. The SMILES string of the molecule is CC(=O)N[C@@H]1CCCN([C@@H](C)C(=O)Nc2cc(C)no2)C1. The number of nitrogens with zero attached hydrogens (tertiary/aromatic N) is 2. The predicted molar refractivity (Wildman–Crippen MR) is 77.7 cm³/mol. The molecule has 2 heterocycles. The van der Waals surface area contributed by atoms with E-state index in [2.05, 4.69) is 20.7 Å². The van der Waals surface area contributed by atoms with Crippen LogP contribution in [0.3, 0.4) is 0 Å². The lowest BCUT2D eigenvalue weighted by molar-refractivity contribution is -0.121. The molecule has 2 N–H and O–H groups in total. The highest BCUT2D eigenvalue weighted by atomic mass is 16.5. The highest BCUT2D eigenvalue weighted by Gasteiger charge is 2.28. The van der Waals surface area contributed by atoms with Crippen LogP contribution in [-0.2, 0) is 9.59 Å². The first kappa shape index (κ1) is 15.5. The van der Waals surface area contributed by atoms with Crippen LogP contribution in [0.4, 0.5) is 5.88 Å². The molecule has 0 spiro atoms. The Bertz CT molecular complexity index is 514. The molecule has 7 heteroatoms. The molecule has 0 saturated carbocycles. The van der Waals surface area contributed by atoms with Crippen molar-refractivity contribution in [3.63, 3.8) is 0 Å². The van der Waals surface area contributed by atoms with E-state index in [-0.39, 0.29) is 23.9 Å². The Morgan fingerprint density at radius 1 is 1.52 bits per heavy atom. The summed E-state index contributed by atoms with van der Waals surface area (Å²) in [7, 11) is 0. The third kappa shape index (κ3) is 4.29. The lowest BCUT2D eigenvalue weighted by Crippen LogP contribution is -2.52. The Balaban J connectivity index is 1.90. The van der Waals surface area contributed by atoms with Crippen LogP contribution in [0.15, 0.2) is 10.6 Å². The highest BCUT2D eigenvalue weighted by molar-refractivity contribution is 5.93. The zero-order chi connectivity index (χ0) is 15.4. The summed E-state index contributed by atoms with van der Waals surface area (Å²) in [6.07, 6.45) is 1.91. The quantitative estimate of drug-likeness (QED) is 0.862. The Kier molecular flexibility index (Phi) is 4.95. The Morgan fingerprint density at radius 3 is 2.90 bits per heavy atom. The molecule has 2 rings (SSSR count). The first-order valence-corrected chi connectivity index (χ1v) is 7.21. The van der Waals surface area contributed by atoms with Gasteiger partial charge < -0.3 is 9.84 Å². The van der Waals surface area contributed by atoms with E-state index >= 15 is 0 Å². The van der Waals surface area contributed by atoms with Crippen molar-refractivity contribution in [3.8, 4) is 0 Å². The number of carbonyl (C=O) groups excluding carboxylic acids is 2. The van der Waals surface area contributed by atoms with Crippen LogP contribution in [0.1, 0.15) is 32.4 Å². The number of nitrogens with one attached hydrogen (secondary N) is 2. The van der Waals surface area contributed by atoms with Crippen LogP contribution in [0.25, 0.3) is 0 Å². The number of anilines is 1. The van der Waals surface area contributed by atoms with Crippen molar-refractivity contribution in [2.75, 3.05) is 18.4 Å². The average Bonchev–Trinajstić information content (AvgIpc) is 2.82. The molecule has 7 nitrogen and oxygen atoms in total. The molecular formula is C14H22N4O3. The Labute approximate surface area is 124 Å². The molecule has 0 aliphatic carbocycles. The molecule has 1 aliphatic rings. The summed E-state index contributed by atoms with van der Waals surface area (Å²) in [6.45, 7) is 6.70. The van der Waals surface area contributed by atoms with E-state index < -0.39 is 0 Å². The van der Waals surface area contributed by atoms with Gasteiger partial charge in [-0.25, -0.2) is 0 Å². The molecule has 1 saturated heterocycles. The Morgan fingerprint density at radius 2 is 2.29 bits per heavy atom. The zero-order valence-electron chi connectivity index (χ0n) is 12.7. The molecule has 2 atom stereocenters. The standard InChI is InChI=1S/C14H22N4O3/c1-9-7-13(21-17-9)16-14(20)10(2)18-6-4-5-12(8-18)15-11(3)19/h7,10,12H,4-6,8H2,1-3H3,(H,15,19)(H,16,20)/t10-,12+/m0/s1. The van der Waals surface area contributed by atoms with Crippen LogP contribution in [0.5, 0.6) is 0 Å². The van der Waals surface area contributed by atoms with E-state index in [0.717, 1.165) is 25.1 Å². The van der Waals surface area contributed by atoms with Gasteiger partial charge >= 0.3 is 0 Å². The fraction of sp³-hybridized carbons (Fsp3) is 0.643. The van der Waals surface area contributed by atoms with Crippen molar-refractivity contribution >= 4 is 17.7 Å². The summed E-state index contributed by atoms with van der Waals surface area (Å²) >= 11 is 0. The van der Waals surface area contributed by atoms with E-state index in [4.69, 9.17) is 4.52 Å². The number of piperidine rings is 1. The van der Waals surface area contributed by atoms with Gasteiger partial charge in [0.1, 0.15) is 0 Å². The topological polar surface area (TPSA) is 87.5 Å². The number of aryl methyl sites for hydroxylation is 1. The predicted octanol–water partition coefficient (Wildman–Crippen LogP) is 0.911. The van der Waals surface area contributed by atoms with Gasteiger partial charge in [-0.1, -0.05) is 5.16 Å². The number of aromatic nitrogens is 1. The van der Waals surface area contributed by atoms with Crippen molar-refractivity contribution < 1.29 is 14.1 Å². The summed E-state index contributed by atoms with van der Waals surface area (Å²) in [5, 5.41) is 9.37. The van der Waals surface area contributed by atoms with Crippen LogP contribution in [-0.4, -0.2) is 47.0 Å². The lowest BCUT2D eigenvalue weighted by atomic mass is 10.0. The lowest BCUT2D eigenvalue weighted by Gasteiger charge is -2.36. The molecule has 0 aromatic carbocycles. The van der Waals surface area contributed by atoms with E-state index in [9.17, 15) is 9.59 Å². The van der Waals surface area contributed by atoms with Crippen LogP contribution < -0.4 is 10.6 Å². The second kappa shape index (κ2) is 6.71. The minimum Gasteiger partial charge on any atom is -0.352 e. The second-order valence-electron chi connectivity index (χ2n) is 5.53. The maximum absolute atomic E-state index is 12.2. The van der Waals surface area contributed by atoms with Crippen molar-refractivity contribution in [3.05, 3.63) is 11.8 Å². The number of hydrogen-bond donors (Lipinski definition) is 2. The van der Waals surface area contributed by atoms with Crippen molar-refractivity contribution in [1.29, 1.82) is 0 Å². The number of hydrogen-bond acceptors (Lipinski definition) is 5. The number of amides is 2. The first-order chi connectivity index (χ1) is 9.95. The fourth-order valence-corrected chi connectivity index (χ4v) is 2.58. The maximum atomic E-state index is 12.2. The third-order valence-electron chi connectivity index (χ3n) is 3.66. The van der Waals surface area contributed by atoms with Gasteiger partial charge in [0.05, 0.1) is 11.7 Å². The van der Waals surface area contributed by atoms with E-state index in [1.165, 1.54) is 6.92 Å². The number of likely N-dealkylation sites (tertiary alicyclic amines) is 1. The van der Waals surface area contributed by atoms with Gasteiger partial charge in [-0.15, -0.1) is 0 Å². The molecule has 1 aromatic heterocycles. The molecule has 0 bridgehead atoms. The second-order valence-corrected chi connectivity index (χ2v) is 5.53. The molecule has 21 heavy (non-hydrogen) atoms. The van der Waals surface area contributed by atoms with Crippen molar-refractivity contribution in [2.24, 2.45) is 0 Å². The molecule has 116 valence electrons. The highest BCUT2D eigenvalue weighted by Crippen LogP contribution is 2.15. The molecule has 1 fully saturated rings. The summed E-state index contributed by atoms with van der Waals surface area (Å²) in [5.41, 5.74) is 0.724. The summed E-state index contributed by atoms with van der Waals surface area (Å²) < 4.78 is 4.99. The molecule has 1 aromatic rings. The summed E-state index contributed by atoms with van der Waals surface area (Å²) in [4.78, 5) is 25.4. The molecule has 1 aliphatic heterocycles. The third-order valence-corrected chi connectivity index (χ3v) is 3.66. The normalized spacial score (nSPS) is 20.8. The van der Waals surface area contributed by atoms with Crippen molar-refractivity contribution in [2.45, 2.75) is 45.7 Å². The summed E-state index contributed by atoms with van der Waals surface area (Å²) in [5.74, 6) is 0.200. The molecule has 0 radical (unpaired) electrons. The van der Waals surface area contributed by atoms with Gasteiger partial charge in [-0.3, -0.25) is 19.8 Å². The number of rotatable bonds is 4. The van der Waals surface area contributed by atoms with Gasteiger partial charge in [0.15, 0.2) is 0 Å². The molecular weight excluding hydrogens is 272 g/mol. The Hall–Kier alpha value is -1.89. The minimum absolute atomic E-state index is 0.0314. The average molecular weight is 294 g/mol. The number of carbonyl (C=O) groups is 2. The first-order valence-electron chi connectivity index (χ1n) is 7.21. The van der Waals surface area contributed by atoms with Crippen LogP contribution in [0, 0.1) is 6.92 Å². The van der Waals surface area contributed by atoms with Gasteiger partial charge in [0.2, 0.25) is 17.7 Å². The van der Waals surface area contributed by atoms with Crippen molar-refractivity contribution in [1.82, 2.24) is 15.4 Å². The minimum atomic E-state index is -0.285.